The van der Waals surface area contributed by atoms with Gasteiger partial charge in [-0.15, -0.1) is 0 Å². The van der Waals surface area contributed by atoms with Gasteiger partial charge in [0.15, 0.2) is 0 Å². The summed E-state index contributed by atoms with van der Waals surface area (Å²) in [5.41, 5.74) is -0.365. The highest BCUT2D eigenvalue weighted by Gasteiger charge is 2.64. The first-order valence-corrected chi connectivity index (χ1v) is 13.5. The Morgan fingerprint density at radius 2 is 1.55 bits per heavy atom. The maximum absolute atomic E-state index is 11.8. The van der Waals surface area contributed by atoms with Crippen molar-refractivity contribution >= 4 is 0 Å². The number of aliphatic hydroxyl groups is 3. The number of fused-ring (bicyclic) bond motifs is 8. The van der Waals surface area contributed by atoms with Gasteiger partial charge in [-0.25, -0.2) is 0 Å². The second kappa shape index (κ2) is 7.17. The average Bonchev–Trinajstić information content (AvgIpc) is 3.09. The van der Waals surface area contributed by atoms with Crippen molar-refractivity contribution in [3.05, 3.63) is 0 Å². The number of nitrogens with zero attached hydrogens (tertiary/aromatic N) is 1. The van der Waals surface area contributed by atoms with Gasteiger partial charge in [0, 0.05) is 19.1 Å². The molecule has 3 N–H and O–H groups in total. The molecule has 6 rings (SSSR count). The van der Waals surface area contributed by atoms with E-state index >= 15 is 0 Å². The molecule has 0 bridgehead atoms. The number of piperidine rings is 2. The molecule has 31 heavy (non-hydrogen) atoms. The third-order valence-corrected chi connectivity index (χ3v) is 12.0. The predicted octanol–water partition coefficient (Wildman–Crippen LogP) is 3.68. The van der Waals surface area contributed by atoms with Crippen LogP contribution >= 0.6 is 0 Å². The molecule has 4 aliphatic carbocycles. The van der Waals surface area contributed by atoms with E-state index in [0.29, 0.717) is 35.6 Å². The zero-order valence-corrected chi connectivity index (χ0v) is 19.9. The van der Waals surface area contributed by atoms with Gasteiger partial charge in [-0.1, -0.05) is 13.8 Å². The monoisotopic (exact) mass is 431 g/mol. The Morgan fingerprint density at radius 1 is 0.742 bits per heavy atom. The minimum atomic E-state index is -0.553. The largest absolute Gasteiger partial charge is 0.393 e. The van der Waals surface area contributed by atoms with Crippen LogP contribution in [0.15, 0.2) is 0 Å². The minimum absolute atomic E-state index is 0.188. The summed E-state index contributed by atoms with van der Waals surface area (Å²) in [6.45, 7) is 9.36. The van der Waals surface area contributed by atoms with Crippen LogP contribution in [-0.4, -0.2) is 57.2 Å². The summed E-state index contributed by atoms with van der Waals surface area (Å²) in [6.07, 6.45) is 9.43. The molecule has 4 saturated carbocycles. The van der Waals surface area contributed by atoms with Gasteiger partial charge in [0.05, 0.1) is 17.8 Å². The second-order valence-electron chi connectivity index (χ2n) is 13.4. The van der Waals surface area contributed by atoms with E-state index < -0.39 is 5.60 Å². The molecular weight excluding hydrogens is 386 g/mol. The summed E-state index contributed by atoms with van der Waals surface area (Å²) < 4.78 is 0. The van der Waals surface area contributed by atoms with Crippen molar-refractivity contribution in [3.8, 4) is 0 Å². The molecule has 6 fully saturated rings. The molecule has 6 aliphatic rings. The van der Waals surface area contributed by atoms with E-state index in [1.807, 2.05) is 0 Å². The lowest BCUT2D eigenvalue weighted by molar-refractivity contribution is -0.176. The number of hydrogen-bond donors (Lipinski definition) is 3. The average molecular weight is 432 g/mol. The van der Waals surface area contributed by atoms with Gasteiger partial charge in [-0.2, -0.15) is 0 Å². The van der Waals surface area contributed by atoms with Gasteiger partial charge in [0.2, 0.25) is 0 Å². The van der Waals surface area contributed by atoms with Gasteiger partial charge in [0.25, 0.3) is 0 Å². The molecule has 0 aromatic rings. The van der Waals surface area contributed by atoms with Crippen molar-refractivity contribution in [2.75, 3.05) is 13.1 Å². The molecule has 176 valence electrons. The van der Waals surface area contributed by atoms with Gasteiger partial charge < -0.3 is 15.3 Å². The van der Waals surface area contributed by atoms with Crippen molar-refractivity contribution < 1.29 is 15.3 Å². The third kappa shape index (κ3) is 3.00. The number of rotatable bonds is 0. The van der Waals surface area contributed by atoms with Crippen LogP contribution in [-0.2, 0) is 0 Å². The lowest BCUT2D eigenvalue weighted by Gasteiger charge is -2.60. The van der Waals surface area contributed by atoms with E-state index in [4.69, 9.17) is 0 Å². The third-order valence-electron chi connectivity index (χ3n) is 12.0. The van der Waals surface area contributed by atoms with Crippen LogP contribution in [0.1, 0.15) is 78.6 Å². The topological polar surface area (TPSA) is 63.9 Å². The fourth-order valence-electron chi connectivity index (χ4n) is 10.6. The fraction of sp³-hybridized carbons (Fsp3) is 1.00. The Hall–Kier alpha value is -0.160. The van der Waals surface area contributed by atoms with Crippen LogP contribution < -0.4 is 0 Å². The Morgan fingerprint density at radius 3 is 2.35 bits per heavy atom. The van der Waals surface area contributed by atoms with Crippen LogP contribution in [0.4, 0.5) is 0 Å². The van der Waals surface area contributed by atoms with Crippen LogP contribution in [0.5, 0.6) is 0 Å². The van der Waals surface area contributed by atoms with Gasteiger partial charge in [-0.05, 0) is 117 Å². The highest BCUT2D eigenvalue weighted by atomic mass is 16.3. The van der Waals surface area contributed by atoms with Crippen LogP contribution in [0, 0.1) is 52.8 Å². The maximum Gasteiger partial charge on any atom is 0.0805 e. The SMILES string of the molecule is C[C@H]1CC[C@@H]2N(C1)C[C@H]1C3C[C@H]4[C@@H](C[C@H](O)[C@H]5C[C@@H](O)CC[C@@]54C)[C@@H]3CC[C@H]1[C@]2(C)O. The van der Waals surface area contributed by atoms with E-state index in [1.54, 1.807) is 0 Å². The minimum Gasteiger partial charge on any atom is -0.393 e. The summed E-state index contributed by atoms with van der Waals surface area (Å²) in [6, 6.07) is 0.355. The van der Waals surface area contributed by atoms with Crippen LogP contribution in [0.25, 0.3) is 0 Å². The molecule has 0 spiro atoms. The van der Waals surface area contributed by atoms with Crippen molar-refractivity contribution in [1.82, 2.24) is 4.90 Å². The van der Waals surface area contributed by atoms with Crippen molar-refractivity contribution in [1.29, 1.82) is 0 Å². The smallest absolute Gasteiger partial charge is 0.0805 e. The standard InChI is InChI=1S/C27H45NO3/c1-15-4-7-25-27(3,31)21-6-5-17-18(20(21)14-28(25)13-15)11-22-19(17)12-24(30)23-10-16(29)8-9-26(22,23)2/h15-25,29-31H,4-14H2,1-3H3/t15-,16-,17+,18?,19-,20-,21+,22-,23+,24-,25-,26+,27-/m0/s1. The lowest BCUT2D eigenvalue weighted by Crippen LogP contribution is -2.67. The summed E-state index contributed by atoms with van der Waals surface area (Å²) >= 11 is 0. The maximum atomic E-state index is 11.8. The predicted molar refractivity (Wildman–Crippen MR) is 121 cm³/mol. The van der Waals surface area contributed by atoms with Crippen molar-refractivity contribution in [2.24, 2.45) is 52.8 Å². The van der Waals surface area contributed by atoms with Crippen molar-refractivity contribution in [2.45, 2.75) is 102 Å². The Balaban J connectivity index is 1.30. The zero-order valence-electron chi connectivity index (χ0n) is 19.9. The number of aliphatic hydroxyl groups excluding tert-OH is 2. The molecule has 2 aliphatic heterocycles. The summed E-state index contributed by atoms with van der Waals surface area (Å²) in [5, 5.41) is 33.3. The normalized spacial score (nSPS) is 61.5. The Bertz CT molecular complexity index is 711. The van der Waals surface area contributed by atoms with Gasteiger partial charge in [0.1, 0.15) is 0 Å². The molecule has 2 saturated heterocycles. The van der Waals surface area contributed by atoms with E-state index in [1.165, 1.54) is 32.2 Å². The first-order valence-electron chi connectivity index (χ1n) is 13.5. The molecule has 13 atom stereocenters. The molecule has 0 radical (unpaired) electrons. The molecular formula is C27H45NO3. The van der Waals surface area contributed by atoms with Crippen LogP contribution in [0.3, 0.4) is 0 Å². The fourth-order valence-corrected chi connectivity index (χ4v) is 10.6. The lowest BCUT2D eigenvalue weighted by atomic mass is 9.51. The molecule has 0 aromatic carbocycles. The molecule has 4 heteroatoms. The molecule has 0 amide bonds. The molecule has 0 aromatic heterocycles. The first kappa shape index (κ1) is 21.4. The van der Waals surface area contributed by atoms with Crippen molar-refractivity contribution in [3.63, 3.8) is 0 Å². The molecule has 4 nitrogen and oxygen atoms in total. The van der Waals surface area contributed by atoms with Gasteiger partial charge >= 0.3 is 0 Å². The van der Waals surface area contributed by atoms with Gasteiger partial charge in [-0.3, -0.25) is 4.90 Å². The zero-order chi connectivity index (χ0) is 21.7. The highest BCUT2D eigenvalue weighted by molar-refractivity contribution is 5.14. The number of hydrogen-bond acceptors (Lipinski definition) is 4. The first-order chi connectivity index (χ1) is 14.7. The highest BCUT2D eigenvalue weighted by Crippen LogP contribution is 2.67. The Labute approximate surface area is 188 Å². The summed E-state index contributed by atoms with van der Waals surface area (Å²) in [4.78, 5) is 2.68. The quantitative estimate of drug-likeness (QED) is 0.547. The second-order valence-corrected chi connectivity index (χ2v) is 13.4. The summed E-state index contributed by atoms with van der Waals surface area (Å²) in [7, 11) is 0. The Kier molecular flexibility index (Phi) is 4.94. The van der Waals surface area contributed by atoms with Crippen LogP contribution in [0.2, 0.25) is 0 Å². The van der Waals surface area contributed by atoms with E-state index in [9.17, 15) is 15.3 Å². The summed E-state index contributed by atoms with van der Waals surface area (Å²) in [5.74, 6) is 4.89. The molecule has 2 heterocycles. The van der Waals surface area contributed by atoms with E-state index in [0.717, 1.165) is 50.5 Å². The van der Waals surface area contributed by atoms with E-state index in [2.05, 4.69) is 25.7 Å². The van der Waals surface area contributed by atoms with E-state index in [-0.39, 0.29) is 23.5 Å². The molecule has 1 unspecified atom stereocenters.